The van der Waals surface area contributed by atoms with Crippen LogP contribution in [0.25, 0.3) is 0 Å². The highest BCUT2D eigenvalue weighted by Gasteiger charge is 2.14. The summed E-state index contributed by atoms with van der Waals surface area (Å²) < 4.78 is 17.6. The summed E-state index contributed by atoms with van der Waals surface area (Å²) in [6, 6.07) is 3.49. The highest BCUT2D eigenvalue weighted by Crippen LogP contribution is 2.21. The molecule has 4 nitrogen and oxygen atoms in total. The molecule has 0 aliphatic rings. The zero-order valence-corrected chi connectivity index (χ0v) is 7.95. The minimum atomic E-state index is -1.04. The highest BCUT2D eigenvalue weighted by atomic mass is 19.1. The lowest BCUT2D eigenvalue weighted by Crippen LogP contribution is -2.05. The molecule has 5 heteroatoms. The molecule has 0 amide bonds. The van der Waals surface area contributed by atoms with E-state index in [-0.39, 0.29) is 12.2 Å². The van der Waals surface area contributed by atoms with Crippen LogP contribution < -0.4 is 0 Å². The second-order valence-electron chi connectivity index (χ2n) is 2.69. The molecule has 1 aromatic carbocycles. The molecule has 1 rings (SSSR count). The molecule has 0 saturated carbocycles. The normalized spacial score (nSPS) is 9.40. The zero-order chi connectivity index (χ0) is 11.4. The zero-order valence-electron chi connectivity index (χ0n) is 7.95. The Hall–Kier alpha value is -2.09. The van der Waals surface area contributed by atoms with Crippen molar-refractivity contribution in [1.82, 2.24) is 0 Å². The summed E-state index contributed by atoms with van der Waals surface area (Å²) in [4.78, 5) is 11.2. The number of carbonyl (C=O) groups excluding carboxylic acids is 1. The standard InChI is InChI=1S/C10H8FNO3/c1-2-15-10(14)6-3-7(5-12)9(11)8(13)4-6/h3-4,13H,2H2,1H3. The molecule has 1 aromatic rings. The fraction of sp³-hybridized carbons (Fsp3) is 0.200. The number of rotatable bonds is 2. The fourth-order valence-corrected chi connectivity index (χ4v) is 1.02. The van der Waals surface area contributed by atoms with E-state index in [0.717, 1.165) is 12.1 Å². The number of nitrogens with zero attached hydrogens (tertiary/aromatic N) is 1. The van der Waals surface area contributed by atoms with E-state index in [2.05, 4.69) is 4.74 Å². The quantitative estimate of drug-likeness (QED) is 0.750. The summed E-state index contributed by atoms with van der Waals surface area (Å²) in [5.74, 6) is -2.48. The van der Waals surface area contributed by atoms with Crippen molar-refractivity contribution in [3.8, 4) is 11.8 Å². The van der Waals surface area contributed by atoms with E-state index in [1.54, 1.807) is 6.92 Å². The molecule has 0 aliphatic carbocycles. The number of phenolic OH excluding ortho intramolecular Hbond substituents is 1. The number of carbonyl (C=O) groups is 1. The van der Waals surface area contributed by atoms with Crippen molar-refractivity contribution >= 4 is 5.97 Å². The lowest BCUT2D eigenvalue weighted by atomic mass is 10.1. The first-order chi connectivity index (χ1) is 7.10. The van der Waals surface area contributed by atoms with Gasteiger partial charge in [0.25, 0.3) is 0 Å². The van der Waals surface area contributed by atoms with Crippen LogP contribution in [0.4, 0.5) is 4.39 Å². The number of esters is 1. The number of aromatic hydroxyl groups is 1. The van der Waals surface area contributed by atoms with Crippen LogP contribution in [0.1, 0.15) is 22.8 Å². The first-order valence-electron chi connectivity index (χ1n) is 4.19. The maximum Gasteiger partial charge on any atom is 0.338 e. The number of benzene rings is 1. The van der Waals surface area contributed by atoms with E-state index in [1.807, 2.05) is 0 Å². The smallest absolute Gasteiger partial charge is 0.338 e. The monoisotopic (exact) mass is 209 g/mol. The molecule has 0 saturated heterocycles. The highest BCUT2D eigenvalue weighted by molar-refractivity contribution is 5.90. The summed E-state index contributed by atoms with van der Waals surface area (Å²) in [7, 11) is 0. The van der Waals surface area contributed by atoms with Crippen LogP contribution in [0.3, 0.4) is 0 Å². The molecule has 0 heterocycles. The van der Waals surface area contributed by atoms with E-state index >= 15 is 0 Å². The van der Waals surface area contributed by atoms with Crippen LogP contribution in [-0.4, -0.2) is 17.7 Å². The van der Waals surface area contributed by atoms with Crippen molar-refractivity contribution in [2.45, 2.75) is 6.92 Å². The van der Waals surface area contributed by atoms with E-state index < -0.39 is 23.1 Å². The Labute approximate surface area is 85.5 Å². The molecule has 0 bridgehead atoms. The van der Waals surface area contributed by atoms with Gasteiger partial charge < -0.3 is 9.84 Å². The van der Waals surface area contributed by atoms with Crippen molar-refractivity contribution in [3.63, 3.8) is 0 Å². The van der Waals surface area contributed by atoms with Crippen molar-refractivity contribution in [2.75, 3.05) is 6.61 Å². The molecule has 0 spiro atoms. The van der Waals surface area contributed by atoms with Gasteiger partial charge in [-0.1, -0.05) is 0 Å². The number of hydrogen-bond donors (Lipinski definition) is 1. The summed E-state index contributed by atoms with van der Waals surface area (Å²) in [5, 5.41) is 17.6. The molecule has 78 valence electrons. The summed E-state index contributed by atoms with van der Waals surface area (Å²) in [6.45, 7) is 1.78. The Morgan fingerprint density at radius 3 is 2.87 bits per heavy atom. The van der Waals surface area contributed by atoms with Gasteiger partial charge in [-0.25, -0.2) is 9.18 Å². The van der Waals surface area contributed by atoms with Crippen molar-refractivity contribution in [2.24, 2.45) is 0 Å². The Morgan fingerprint density at radius 1 is 1.67 bits per heavy atom. The van der Waals surface area contributed by atoms with Gasteiger partial charge in [0.15, 0.2) is 11.6 Å². The molecule has 1 N–H and O–H groups in total. The van der Waals surface area contributed by atoms with Crippen molar-refractivity contribution in [3.05, 3.63) is 29.1 Å². The van der Waals surface area contributed by atoms with Gasteiger partial charge in [0.05, 0.1) is 17.7 Å². The molecule has 0 unspecified atom stereocenters. The maximum atomic E-state index is 13.0. The third kappa shape index (κ3) is 2.23. The lowest BCUT2D eigenvalue weighted by molar-refractivity contribution is 0.0525. The largest absolute Gasteiger partial charge is 0.505 e. The van der Waals surface area contributed by atoms with Gasteiger partial charge in [-0.05, 0) is 19.1 Å². The number of phenols is 1. The predicted octanol–water partition coefficient (Wildman–Crippen LogP) is 1.58. The molecule has 0 fully saturated rings. The third-order valence-corrected chi connectivity index (χ3v) is 1.68. The SMILES string of the molecule is CCOC(=O)c1cc(O)c(F)c(C#N)c1. The van der Waals surface area contributed by atoms with Gasteiger partial charge in [-0.15, -0.1) is 0 Å². The van der Waals surface area contributed by atoms with Crippen LogP contribution in [0.2, 0.25) is 0 Å². The first-order valence-corrected chi connectivity index (χ1v) is 4.19. The molecular weight excluding hydrogens is 201 g/mol. The Bertz CT molecular complexity index is 437. The minimum absolute atomic E-state index is 0.0488. The number of halogens is 1. The van der Waals surface area contributed by atoms with Crippen LogP contribution in [0.15, 0.2) is 12.1 Å². The van der Waals surface area contributed by atoms with Gasteiger partial charge in [0.2, 0.25) is 0 Å². The average molecular weight is 209 g/mol. The van der Waals surface area contributed by atoms with Gasteiger partial charge in [0.1, 0.15) is 6.07 Å². The summed E-state index contributed by atoms with van der Waals surface area (Å²) >= 11 is 0. The van der Waals surface area contributed by atoms with Crippen molar-refractivity contribution in [1.29, 1.82) is 5.26 Å². The third-order valence-electron chi connectivity index (χ3n) is 1.68. The maximum absolute atomic E-state index is 13.0. The van der Waals surface area contributed by atoms with Crippen LogP contribution in [0, 0.1) is 17.1 Å². The van der Waals surface area contributed by atoms with Gasteiger partial charge >= 0.3 is 5.97 Å². The molecule has 15 heavy (non-hydrogen) atoms. The number of ether oxygens (including phenoxy) is 1. The minimum Gasteiger partial charge on any atom is -0.505 e. The van der Waals surface area contributed by atoms with Gasteiger partial charge in [0, 0.05) is 0 Å². The van der Waals surface area contributed by atoms with Crippen LogP contribution in [-0.2, 0) is 4.74 Å². The molecule has 0 radical (unpaired) electrons. The molecular formula is C10H8FNO3. The van der Waals surface area contributed by atoms with Gasteiger partial charge in [-0.3, -0.25) is 0 Å². The van der Waals surface area contributed by atoms with Crippen molar-refractivity contribution < 1.29 is 19.0 Å². The van der Waals surface area contributed by atoms with Gasteiger partial charge in [-0.2, -0.15) is 5.26 Å². The number of hydrogen-bond acceptors (Lipinski definition) is 4. The second kappa shape index (κ2) is 4.42. The van der Waals surface area contributed by atoms with E-state index in [1.165, 1.54) is 6.07 Å². The van der Waals surface area contributed by atoms with Crippen LogP contribution >= 0.6 is 0 Å². The lowest BCUT2D eigenvalue weighted by Gasteiger charge is -2.03. The molecule has 0 aliphatic heterocycles. The first kappa shape index (κ1) is 11.0. The summed E-state index contributed by atoms with van der Waals surface area (Å²) in [5.41, 5.74) is -0.439. The van der Waals surface area contributed by atoms with E-state index in [0.29, 0.717) is 0 Å². The Kier molecular flexibility index (Phi) is 3.24. The Balaban J connectivity index is 3.18. The average Bonchev–Trinajstić information content (AvgIpc) is 2.22. The predicted molar refractivity (Wildman–Crippen MR) is 48.7 cm³/mol. The molecule has 0 aromatic heterocycles. The number of nitriles is 1. The topological polar surface area (TPSA) is 70.3 Å². The van der Waals surface area contributed by atoms with Crippen LogP contribution in [0.5, 0.6) is 5.75 Å². The Morgan fingerprint density at radius 2 is 2.33 bits per heavy atom. The fourth-order valence-electron chi connectivity index (χ4n) is 1.02. The summed E-state index contributed by atoms with van der Waals surface area (Å²) in [6.07, 6.45) is 0. The van der Waals surface area contributed by atoms with E-state index in [9.17, 15) is 9.18 Å². The molecule has 0 atom stereocenters. The van der Waals surface area contributed by atoms with E-state index in [4.69, 9.17) is 10.4 Å². The second-order valence-corrected chi connectivity index (χ2v) is 2.69.